The van der Waals surface area contributed by atoms with Gasteiger partial charge >= 0.3 is 11.0 Å². The molecule has 2 atom stereocenters. The summed E-state index contributed by atoms with van der Waals surface area (Å²) in [5.41, 5.74) is 7.06. The van der Waals surface area contributed by atoms with Crippen LogP contribution in [0, 0.1) is 11.6 Å². The maximum absolute atomic E-state index is 14.8. The van der Waals surface area contributed by atoms with Crippen LogP contribution in [0.3, 0.4) is 0 Å². The molecular formula is C27H26F3N9O5S. The summed E-state index contributed by atoms with van der Waals surface area (Å²) in [6.07, 6.45) is -2.64. The Morgan fingerprint density at radius 1 is 1.11 bits per heavy atom. The second-order valence-electron chi connectivity index (χ2n) is 10.7. The Morgan fingerprint density at radius 2 is 1.91 bits per heavy atom. The number of fused-ring (bicyclic) bond motifs is 3. The Hall–Kier alpha value is -4.84. The SMILES string of the molecule is Nc1nc2c(sc(=O)n2CCN2CCN(c3cc(OC4CN(C(=O)O)CC4F)c(F)cc3F)CC2)c2nc(-c3ccco3)nn12. The fraction of sp³-hybridized carbons (Fsp3) is 0.370. The Morgan fingerprint density at radius 3 is 2.62 bits per heavy atom. The van der Waals surface area contributed by atoms with E-state index in [9.17, 15) is 22.8 Å². The lowest BCUT2D eigenvalue weighted by Crippen LogP contribution is -2.47. The molecule has 5 aromatic rings. The third-order valence-electron chi connectivity index (χ3n) is 7.96. The molecule has 6 heterocycles. The summed E-state index contributed by atoms with van der Waals surface area (Å²) in [5.74, 6) is -1.30. The van der Waals surface area contributed by atoms with Gasteiger partial charge in [-0.2, -0.15) is 9.50 Å². The highest BCUT2D eigenvalue weighted by atomic mass is 32.1. The van der Waals surface area contributed by atoms with E-state index in [2.05, 4.69) is 20.0 Å². The number of halogens is 3. The molecule has 0 radical (unpaired) electrons. The summed E-state index contributed by atoms with van der Waals surface area (Å²) < 4.78 is 58.0. The highest BCUT2D eigenvalue weighted by Crippen LogP contribution is 2.32. The molecule has 2 fully saturated rings. The van der Waals surface area contributed by atoms with Gasteiger partial charge in [0.05, 0.1) is 25.0 Å². The van der Waals surface area contributed by atoms with Crippen molar-refractivity contribution >= 4 is 45.1 Å². The van der Waals surface area contributed by atoms with Crippen molar-refractivity contribution in [3.63, 3.8) is 0 Å². The largest absolute Gasteiger partial charge is 0.482 e. The van der Waals surface area contributed by atoms with Crippen LogP contribution in [0.15, 0.2) is 39.7 Å². The number of piperazine rings is 1. The molecule has 1 amide bonds. The van der Waals surface area contributed by atoms with E-state index in [4.69, 9.17) is 20.0 Å². The molecule has 0 aliphatic carbocycles. The predicted molar refractivity (Wildman–Crippen MR) is 156 cm³/mol. The van der Waals surface area contributed by atoms with Crippen LogP contribution in [0.2, 0.25) is 0 Å². The lowest BCUT2D eigenvalue weighted by molar-refractivity contribution is 0.130. The van der Waals surface area contributed by atoms with Gasteiger partial charge in [-0.3, -0.25) is 14.3 Å². The number of alkyl halides is 1. The smallest absolute Gasteiger partial charge is 0.407 e. The molecule has 236 valence electrons. The number of rotatable bonds is 7. The third-order valence-corrected chi connectivity index (χ3v) is 8.92. The molecule has 14 nitrogen and oxygen atoms in total. The normalized spacial score (nSPS) is 19.3. The minimum Gasteiger partial charge on any atom is -0.482 e. The number of thiazole rings is 1. The molecule has 2 aliphatic rings. The number of benzene rings is 1. The first-order valence-electron chi connectivity index (χ1n) is 14.0. The van der Waals surface area contributed by atoms with Crippen molar-refractivity contribution in [2.24, 2.45) is 0 Å². The number of hydrogen-bond donors (Lipinski definition) is 2. The van der Waals surface area contributed by atoms with Crippen molar-refractivity contribution < 1.29 is 32.2 Å². The topological polar surface area (TPSA) is 160 Å². The lowest BCUT2D eigenvalue weighted by Gasteiger charge is -2.36. The van der Waals surface area contributed by atoms with E-state index in [1.54, 1.807) is 21.6 Å². The molecule has 0 saturated carbocycles. The van der Waals surface area contributed by atoms with E-state index in [0.717, 1.165) is 16.2 Å². The van der Waals surface area contributed by atoms with Gasteiger partial charge in [-0.25, -0.2) is 22.9 Å². The summed E-state index contributed by atoms with van der Waals surface area (Å²) >= 11 is 0.998. The summed E-state index contributed by atoms with van der Waals surface area (Å²) in [6, 6.07) is 5.30. The molecule has 2 saturated heterocycles. The van der Waals surface area contributed by atoms with Gasteiger partial charge in [0.25, 0.3) is 0 Å². The number of nitrogens with zero attached hydrogens (tertiary/aromatic N) is 8. The van der Waals surface area contributed by atoms with Gasteiger partial charge in [0, 0.05) is 51.4 Å². The molecule has 18 heteroatoms. The minimum absolute atomic E-state index is 0.0711. The van der Waals surface area contributed by atoms with Crippen molar-refractivity contribution in [3.8, 4) is 17.3 Å². The summed E-state index contributed by atoms with van der Waals surface area (Å²) in [4.78, 5) is 37.6. The number of ether oxygens (including phenoxy) is 1. The molecular weight excluding hydrogens is 619 g/mol. The van der Waals surface area contributed by atoms with Crippen LogP contribution in [-0.4, -0.2) is 103 Å². The zero-order valence-corrected chi connectivity index (χ0v) is 24.3. The molecule has 0 spiro atoms. The number of carboxylic acid groups (broad SMARTS) is 1. The Labute approximate surface area is 255 Å². The number of likely N-dealkylation sites (tertiary alicyclic amines) is 1. The number of hydrogen-bond acceptors (Lipinski definition) is 11. The van der Waals surface area contributed by atoms with Crippen molar-refractivity contribution in [1.29, 1.82) is 0 Å². The standard InChI is InChI=1S/C27H26F3N9O5S/c28-14-10-15(29)19(44-20-13-37(26(40)41)12-16(20)30)11-17(14)36-6-3-35(4-7-36)5-8-38-23-21(45-27(38)42)24-32-22(18-2-1-9-43-18)34-39(24)25(31)33-23/h1-2,9-11,16,20H,3-8,12-13H2,(H2,31,33)(H,40,41). The molecule has 4 aromatic heterocycles. The predicted octanol–water partition coefficient (Wildman–Crippen LogP) is 2.52. The van der Waals surface area contributed by atoms with Gasteiger partial charge in [0.15, 0.2) is 34.8 Å². The molecule has 1 aromatic carbocycles. The van der Waals surface area contributed by atoms with Crippen LogP contribution >= 0.6 is 11.3 Å². The summed E-state index contributed by atoms with van der Waals surface area (Å²) in [7, 11) is 0. The second kappa shape index (κ2) is 11.3. The van der Waals surface area contributed by atoms with Gasteiger partial charge in [0.2, 0.25) is 11.8 Å². The molecule has 2 unspecified atom stereocenters. The van der Waals surface area contributed by atoms with Crippen LogP contribution < -0.4 is 20.2 Å². The average Bonchev–Trinajstić information content (AvgIpc) is 3.81. The zero-order chi connectivity index (χ0) is 31.4. The van der Waals surface area contributed by atoms with Crippen LogP contribution in [0.1, 0.15) is 0 Å². The maximum Gasteiger partial charge on any atom is 0.407 e. The monoisotopic (exact) mass is 645 g/mol. The Balaban J connectivity index is 1.03. The first kappa shape index (κ1) is 28.9. The fourth-order valence-corrected chi connectivity index (χ4v) is 6.54. The van der Waals surface area contributed by atoms with Crippen LogP contribution in [0.5, 0.6) is 5.75 Å². The molecule has 45 heavy (non-hydrogen) atoms. The maximum atomic E-state index is 14.8. The Bertz CT molecular complexity index is 1950. The fourth-order valence-electron chi connectivity index (χ4n) is 5.61. The second-order valence-corrected chi connectivity index (χ2v) is 11.7. The highest BCUT2D eigenvalue weighted by molar-refractivity contribution is 7.17. The van der Waals surface area contributed by atoms with Crippen molar-refractivity contribution in [1.82, 2.24) is 33.9 Å². The number of aromatic nitrogens is 5. The van der Waals surface area contributed by atoms with E-state index in [-0.39, 0.29) is 35.3 Å². The van der Waals surface area contributed by atoms with E-state index >= 15 is 0 Å². The van der Waals surface area contributed by atoms with Crippen molar-refractivity contribution in [2.45, 2.75) is 18.8 Å². The quantitative estimate of drug-likeness (QED) is 0.268. The molecule has 2 aliphatic heterocycles. The number of nitrogen functional groups attached to an aromatic ring is 1. The van der Waals surface area contributed by atoms with Crippen LogP contribution in [0.4, 0.5) is 29.6 Å². The first-order valence-corrected chi connectivity index (χ1v) is 14.8. The number of furan rings is 1. The van der Waals surface area contributed by atoms with Crippen LogP contribution in [-0.2, 0) is 6.54 Å². The van der Waals surface area contributed by atoms with E-state index in [1.807, 2.05) is 0 Å². The highest BCUT2D eigenvalue weighted by Gasteiger charge is 2.38. The molecule has 0 bridgehead atoms. The van der Waals surface area contributed by atoms with Gasteiger partial charge in [-0.05, 0) is 12.1 Å². The zero-order valence-electron chi connectivity index (χ0n) is 23.5. The first-order chi connectivity index (χ1) is 21.7. The van der Waals surface area contributed by atoms with Gasteiger partial charge in [-0.1, -0.05) is 11.3 Å². The third kappa shape index (κ3) is 5.28. The van der Waals surface area contributed by atoms with Gasteiger partial charge in [-0.15, -0.1) is 5.10 Å². The van der Waals surface area contributed by atoms with Crippen LogP contribution in [0.25, 0.3) is 27.6 Å². The molecule has 7 rings (SSSR count). The van der Waals surface area contributed by atoms with Gasteiger partial charge < -0.3 is 29.8 Å². The summed E-state index contributed by atoms with van der Waals surface area (Å²) in [6.45, 7) is 1.99. The molecule has 3 N–H and O–H groups in total. The summed E-state index contributed by atoms with van der Waals surface area (Å²) in [5, 5.41) is 13.5. The lowest BCUT2D eigenvalue weighted by atomic mass is 10.2. The number of anilines is 2. The van der Waals surface area contributed by atoms with E-state index in [0.29, 0.717) is 72.9 Å². The van der Waals surface area contributed by atoms with E-state index in [1.165, 1.54) is 16.8 Å². The number of amides is 1. The Kier molecular flexibility index (Phi) is 7.23. The average molecular weight is 646 g/mol. The van der Waals surface area contributed by atoms with E-state index < -0.39 is 30.0 Å². The minimum atomic E-state index is -1.64. The van der Waals surface area contributed by atoms with Crippen molar-refractivity contribution in [2.75, 3.05) is 56.4 Å². The van der Waals surface area contributed by atoms with Gasteiger partial charge in [0.1, 0.15) is 16.6 Å². The number of carbonyl (C=O) groups is 1. The number of nitrogens with two attached hydrogens (primary N) is 1. The van der Waals surface area contributed by atoms with Crippen molar-refractivity contribution in [3.05, 3.63) is 51.8 Å².